The molecule has 16 heteroatoms. The second kappa shape index (κ2) is 13.2. The fourth-order valence-electron chi connectivity index (χ4n) is 1.88. The summed E-state index contributed by atoms with van der Waals surface area (Å²) in [6.45, 7) is 0. The van der Waals surface area contributed by atoms with E-state index < -0.39 is 35.9 Å². The number of pyridine rings is 3. The van der Waals surface area contributed by atoms with Gasteiger partial charge in [-0.05, 0) is 0 Å². The van der Waals surface area contributed by atoms with Crippen molar-refractivity contribution < 1.29 is 77.7 Å². The van der Waals surface area contributed by atoms with Crippen LogP contribution >= 0.6 is 0 Å². The molecule has 3 heterocycles. The Morgan fingerprint density at radius 2 is 0.912 bits per heavy atom. The van der Waals surface area contributed by atoms with Gasteiger partial charge in [0.05, 0.1) is 0 Å². The number of aromatic carboxylic acids is 2. The van der Waals surface area contributed by atoms with Crippen LogP contribution in [0.25, 0.3) is 0 Å². The molecule has 0 unspecified atom stereocenters. The summed E-state index contributed by atoms with van der Waals surface area (Å²) in [5.41, 5.74) is -0.965. The molecule has 0 aliphatic heterocycles. The number of hydrogen-bond acceptors (Lipinski definition) is 13. The van der Waals surface area contributed by atoms with Crippen molar-refractivity contribution in [1.29, 1.82) is 0 Å². The van der Waals surface area contributed by atoms with Gasteiger partial charge < -0.3 is 51.1 Å². The maximum Gasteiger partial charge on any atom is 0.354 e. The van der Waals surface area contributed by atoms with Crippen molar-refractivity contribution in [3.05, 3.63) is 53.5 Å². The Morgan fingerprint density at radius 1 is 0.588 bits per heavy atom. The van der Waals surface area contributed by atoms with Crippen molar-refractivity contribution in [2.24, 2.45) is 0 Å². The van der Waals surface area contributed by atoms with Crippen LogP contribution in [0.3, 0.4) is 0 Å². The SMILES string of the molecule is O=C(O)c1cc(O)cc(O)n1.O=C(O)c1cc(O)cc(O)n1.Oc1cc(O)nc(C(O)O)c1.[Fe]. The summed E-state index contributed by atoms with van der Waals surface area (Å²) in [4.78, 5) is 30.2. The number of rotatable bonds is 3. The van der Waals surface area contributed by atoms with Crippen molar-refractivity contribution in [2.45, 2.75) is 6.29 Å². The molecule has 15 nitrogen and oxygen atoms in total. The summed E-state index contributed by atoms with van der Waals surface area (Å²) in [6, 6.07) is 5.83. The first kappa shape index (κ1) is 29.6. The molecule has 0 spiro atoms. The number of aromatic nitrogens is 3. The molecule has 34 heavy (non-hydrogen) atoms. The minimum absolute atomic E-state index is 0. The average molecular weight is 523 g/mol. The monoisotopic (exact) mass is 523 g/mol. The summed E-state index contributed by atoms with van der Waals surface area (Å²) in [7, 11) is 0. The van der Waals surface area contributed by atoms with Crippen molar-refractivity contribution in [3.8, 4) is 34.9 Å². The fourth-order valence-corrected chi connectivity index (χ4v) is 1.88. The third kappa shape index (κ3) is 10.3. The first-order valence-electron chi connectivity index (χ1n) is 8.31. The molecule has 0 atom stereocenters. The quantitative estimate of drug-likeness (QED) is 0.158. The molecule has 0 aliphatic rings. The van der Waals surface area contributed by atoms with Gasteiger partial charge in [-0.1, -0.05) is 0 Å². The minimum atomic E-state index is -1.78. The van der Waals surface area contributed by atoms with Crippen LogP contribution in [0, 0.1) is 0 Å². The maximum atomic E-state index is 10.2. The molecule has 3 aromatic heterocycles. The van der Waals surface area contributed by atoms with Crippen LogP contribution in [0.5, 0.6) is 34.9 Å². The summed E-state index contributed by atoms with van der Waals surface area (Å²) in [5, 5.41) is 86.3. The Morgan fingerprint density at radius 3 is 1.18 bits per heavy atom. The zero-order valence-electron chi connectivity index (χ0n) is 16.5. The Labute approximate surface area is 199 Å². The van der Waals surface area contributed by atoms with E-state index >= 15 is 0 Å². The molecular weight excluding hydrogens is 506 g/mol. The third-order valence-electron chi connectivity index (χ3n) is 3.11. The summed E-state index contributed by atoms with van der Waals surface area (Å²) < 4.78 is 0. The molecule has 0 bridgehead atoms. The van der Waals surface area contributed by atoms with E-state index in [9.17, 15) is 9.59 Å². The Balaban J connectivity index is 0.000000473. The zero-order valence-corrected chi connectivity index (χ0v) is 17.6. The second-order valence-corrected chi connectivity index (χ2v) is 5.73. The number of nitrogens with zero attached hydrogens (tertiary/aromatic N) is 3. The number of hydrogen-bond donors (Lipinski definition) is 10. The predicted octanol–water partition coefficient (Wildman–Crippen LogP) is -0.145. The molecule has 0 aliphatic carbocycles. The molecule has 0 radical (unpaired) electrons. The molecule has 184 valence electrons. The molecule has 10 N–H and O–H groups in total. The first-order chi connectivity index (χ1) is 15.3. The summed E-state index contributed by atoms with van der Waals surface area (Å²) in [6.07, 6.45) is -1.78. The third-order valence-corrected chi connectivity index (χ3v) is 3.11. The van der Waals surface area contributed by atoms with Gasteiger partial charge in [-0.15, -0.1) is 0 Å². The number of carboxylic acids is 2. The van der Waals surface area contributed by atoms with Gasteiger partial charge in [0, 0.05) is 53.5 Å². The zero-order chi connectivity index (χ0) is 25.3. The topological polar surface area (TPSA) is 275 Å². The van der Waals surface area contributed by atoms with Crippen LogP contribution in [0.2, 0.25) is 0 Å². The number of carbonyl (C=O) groups is 2. The van der Waals surface area contributed by atoms with E-state index in [-0.39, 0.29) is 51.4 Å². The van der Waals surface area contributed by atoms with Crippen LogP contribution in [-0.4, -0.2) is 78.0 Å². The molecule has 0 amide bonds. The van der Waals surface area contributed by atoms with Gasteiger partial charge in [0.15, 0.2) is 17.7 Å². The van der Waals surface area contributed by atoms with Gasteiger partial charge in [0.2, 0.25) is 17.6 Å². The van der Waals surface area contributed by atoms with Gasteiger partial charge in [-0.25, -0.2) is 24.5 Å². The van der Waals surface area contributed by atoms with E-state index in [1.807, 2.05) is 0 Å². The van der Waals surface area contributed by atoms with Gasteiger partial charge in [-0.2, -0.15) is 0 Å². The van der Waals surface area contributed by atoms with Crippen molar-refractivity contribution in [3.63, 3.8) is 0 Å². The molecular formula is C18H17FeN3O12. The van der Waals surface area contributed by atoms with E-state index in [1.54, 1.807) is 0 Å². The predicted molar refractivity (Wildman–Crippen MR) is 104 cm³/mol. The van der Waals surface area contributed by atoms with Crippen molar-refractivity contribution >= 4 is 11.9 Å². The molecule has 0 fully saturated rings. The number of carboxylic acid groups (broad SMARTS) is 2. The minimum Gasteiger partial charge on any atom is -0.508 e. The average Bonchev–Trinajstić information content (AvgIpc) is 2.66. The first-order valence-corrected chi connectivity index (χ1v) is 8.31. The van der Waals surface area contributed by atoms with E-state index in [2.05, 4.69) is 15.0 Å². The van der Waals surface area contributed by atoms with Gasteiger partial charge in [0.1, 0.15) is 22.9 Å². The van der Waals surface area contributed by atoms with Crippen molar-refractivity contribution in [2.75, 3.05) is 0 Å². The van der Waals surface area contributed by atoms with Crippen LogP contribution in [0.4, 0.5) is 0 Å². The van der Waals surface area contributed by atoms with Gasteiger partial charge in [0.25, 0.3) is 0 Å². The number of aliphatic hydroxyl groups is 2. The molecule has 3 aromatic rings. The van der Waals surface area contributed by atoms with E-state index in [1.165, 1.54) is 0 Å². The Bertz CT molecular complexity index is 1020. The molecule has 0 aromatic carbocycles. The standard InChI is InChI=1S/C6H7NO4.2C6H5NO4.Fe/c3*8-3-1-4(6(10)11)7-5(9)2-3;/h1-2,6,10-11H,(H2,7,8,9);2*1-2H,(H,10,11)(H2,7,8,9);. The van der Waals surface area contributed by atoms with Crippen molar-refractivity contribution in [1.82, 2.24) is 15.0 Å². The fraction of sp³-hybridized carbons (Fsp3) is 0.0556. The Kier molecular flexibility index (Phi) is 11.5. The van der Waals surface area contributed by atoms with Gasteiger partial charge in [-0.3, -0.25) is 0 Å². The van der Waals surface area contributed by atoms with E-state index in [0.29, 0.717) is 0 Å². The van der Waals surface area contributed by atoms with Gasteiger partial charge >= 0.3 is 11.9 Å². The largest absolute Gasteiger partial charge is 0.508 e. The van der Waals surface area contributed by atoms with Crippen LogP contribution in [0.15, 0.2) is 36.4 Å². The summed E-state index contributed by atoms with van der Waals surface area (Å²) in [5.74, 6) is -4.98. The smallest absolute Gasteiger partial charge is 0.354 e. The normalized spacial score (nSPS) is 9.50. The van der Waals surface area contributed by atoms with Crippen LogP contribution in [-0.2, 0) is 17.1 Å². The van der Waals surface area contributed by atoms with Crippen LogP contribution < -0.4 is 0 Å². The summed E-state index contributed by atoms with van der Waals surface area (Å²) >= 11 is 0. The van der Waals surface area contributed by atoms with E-state index in [0.717, 1.165) is 36.4 Å². The number of aliphatic hydroxyl groups excluding tert-OH is 1. The maximum absolute atomic E-state index is 10.2. The van der Waals surface area contributed by atoms with E-state index in [4.69, 9.17) is 51.1 Å². The molecule has 3 rings (SSSR count). The molecule has 0 saturated heterocycles. The van der Waals surface area contributed by atoms with Crippen LogP contribution in [0.1, 0.15) is 33.0 Å². The second-order valence-electron chi connectivity index (χ2n) is 5.73. The molecule has 0 saturated carbocycles. The Hall–Kier alpha value is -4.37. The number of aromatic hydroxyl groups is 6.